The quantitative estimate of drug-likeness (QED) is 0.402. The molecule has 0 N–H and O–H groups in total. The molecule has 3 heteroatoms. The first-order chi connectivity index (χ1) is 4.93. The minimum absolute atomic E-state index is 0. The Kier molecular flexibility index (Phi) is 13.6. The van der Waals surface area contributed by atoms with Crippen LogP contribution in [-0.2, 0) is 0 Å². The third-order valence-electron chi connectivity index (χ3n) is 0.798. The topological polar surface area (TPSA) is 22.1 Å². The second-order valence-electron chi connectivity index (χ2n) is 1.31. The van der Waals surface area contributed by atoms with E-state index in [1.54, 1.807) is 25.6 Å². The molecule has 2 nitrogen and oxygen atoms in total. The molecule has 0 aliphatic heterocycles. The number of methoxy groups -OCH3 is 1. The molecule has 11 heavy (non-hydrogen) atoms. The average molecular weight is 177 g/mol. The predicted octanol–water partition coefficient (Wildman–Crippen LogP) is -1.08. The Balaban J connectivity index is 0. The zero-order valence-corrected chi connectivity index (χ0v) is 10.7. The molecule has 0 bridgehead atoms. The van der Waals surface area contributed by atoms with E-state index in [1.807, 2.05) is 13.8 Å². The van der Waals surface area contributed by atoms with Crippen LogP contribution >= 0.6 is 0 Å². The third kappa shape index (κ3) is 6.96. The zero-order valence-electron chi connectivity index (χ0n) is 7.59. The summed E-state index contributed by atoms with van der Waals surface area (Å²) in [4.78, 5) is 3.80. The fourth-order valence-corrected chi connectivity index (χ4v) is 0.422. The van der Waals surface area contributed by atoms with Gasteiger partial charge in [0.15, 0.2) is 0 Å². The van der Waals surface area contributed by atoms with Crippen LogP contribution in [-0.4, -0.2) is 12.1 Å². The molecule has 0 spiro atoms. The Bertz CT molecular complexity index is 155. The minimum Gasteiger partial charge on any atom is -0.521 e. The zero-order chi connectivity index (χ0) is 7.82. The molecule has 0 saturated carbocycles. The number of pyridine rings is 1. The molecule has 0 radical (unpaired) electrons. The van der Waals surface area contributed by atoms with Gasteiger partial charge in [-0.3, -0.25) is 0 Å². The summed E-state index contributed by atoms with van der Waals surface area (Å²) in [5.74, 6) is 0.674. The largest absolute Gasteiger partial charge is 1.00 e. The van der Waals surface area contributed by atoms with E-state index >= 15 is 0 Å². The van der Waals surface area contributed by atoms with Gasteiger partial charge in [-0.15, -0.1) is 6.07 Å². The first kappa shape index (κ1) is 14.1. The summed E-state index contributed by atoms with van der Waals surface area (Å²) in [6.45, 7) is 4.00. The average Bonchev–Trinajstić information content (AvgIpc) is 2.10. The maximum Gasteiger partial charge on any atom is 1.00 e. The Morgan fingerprint density at radius 2 is 2.09 bits per heavy atom. The van der Waals surface area contributed by atoms with Crippen LogP contribution in [0.3, 0.4) is 0 Å². The minimum atomic E-state index is 0. The monoisotopic (exact) mass is 177 g/mol. The van der Waals surface area contributed by atoms with Gasteiger partial charge < -0.3 is 9.72 Å². The van der Waals surface area contributed by atoms with E-state index < -0.39 is 0 Å². The second-order valence-corrected chi connectivity index (χ2v) is 1.31. The molecule has 0 aromatic carbocycles. The predicted molar refractivity (Wildman–Crippen MR) is 41.0 cm³/mol. The first-order valence-electron chi connectivity index (χ1n) is 3.29. The normalized spacial score (nSPS) is 6.82. The molecule has 0 fully saturated rings. The molecule has 0 aliphatic rings. The van der Waals surface area contributed by atoms with Crippen molar-refractivity contribution in [2.75, 3.05) is 7.11 Å². The maximum absolute atomic E-state index is 4.80. The molecule has 1 aromatic rings. The molecule has 1 rings (SSSR count). The van der Waals surface area contributed by atoms with E-state index in [-0.39, 0.29) is 51.4 Å². The van der Waals surface area contributed by atoms with Gasteiger partial charge >= 0.3 is 51.4 Å². The Labute approximate surface area is 111 Å². The number of nitrogens with zero attached hydrogens (tertiary/aromatic N) is 1. The van der Waals surface area contributed by atoms with Gasteiger partial charge in [-0.2, -0.15) is 6.07 Å². The summed E-state index contributed by atoms with van der Waals surface area (Å²) < 4.78 is 4.80. The summed E-state index contributed by atoms with van der Waals surface area (Å²) in [5, 5.41) is 0. The van der Waals surface area contributed by atoms with Crippen LogP contribution < -0.4 is 56.1 Å². The van der Waals surface area contributed by atoms with Gasteiger partial charge in [-0.25, -0.2) is 0 Å². The molecular weight excluding hydrogens is 165 g/mol. The molecule has 0 unspecified atom stereocenters. The van der Waals surface area contributed by atoms with Crippen LogP contribution in [0.1, 0.15) is 13.8 Å². The molecule has 1 heterocycles. The smallest absolute Gasteiger partial charge is 0.521 e. The fourth-order valence-electron chi connectivity index (χ4n) is 0.422. The number of ether oxygens (including phenoxy) is 1. The van der Waals surface area contributed by atoms with Crippen molar-refractivity contribution in [1.29, 1.82) is 0 Å². The Hall–Kier alpha value is 0.586. The van der Waals surface area contributed by atoms with Crippen molar-refractivity contribution in [3.8, 4) is 5.75 Å². The van der Waals surface area contributed by atoms with Crippen molar-refractivity contribution < 1.29 is 56.1 Å². The standard InChI is InChI=1S/C6H6NO.C2H6.K/c1-8-6-3-2-4-7-5-6;1-2;/h2,4-5H,1H3;1-2H3;/q-1;;+1. The summed E-state index contributed by atoms with van der Waals surface area (Å²) >= 11 is 0. The van der Waals surface area contributed by atoms with Crippen LogP contribution in [0.15, 0.2) is 18.5 Å². The van der Waals surface area contributed by atoms with Gasteiger partial charge in [0.05, 0.1) is 7.11 Å². The van der Waals surface area contributed by atoms with Crippen molar-refractivity contribution in [2.45, 2.75) is 13.8 Å². The summed E-state index contributed by atoms with van der Waals surface area (Å²) in [5.41, 5.74) is 0. The fraction of sp³-hybridized carbons (Fsp3) is 0.375. The molecule has 0 amide bonds. The van der Waals surface area contributed by atoms with E-state index in [1.165, 1.54) is 0 Å². The van der Waals surface area contributed by atoms with Crippen LogP contribution in [0.4, 0.5) is 0 Å². The molecule has 0 aliphatic carbocycles. The van der Waals surface area contributed by atoms with Gasteiger partial charge in [0.1, 0.15) is 0 Å². The van der Waals surface area contributed by atoms with E-state index in [9.17, 15) is 0 Å². The van der Waals surface area contributed by atoms with E-state index in [0.29, 0.717) is 5.75 Å². The first-order valence-corrected chi connectivity index (χ1v) is 3.29. The van der Waals surface area contributed by atoms with E-state index in [4.69, 9.17) is 4.74 Å². The SMILES string of the molecule is CC.COc1[c-]ccnc1.[K+]. The number of aromatic nitrogens is 1. The van der Waals surface area contributed by atoms with Crippen LogP contribution in [0, 0.1) is 6.07 Å². The molecule has 56 valence electrons. The van der Waals surface area contributed by atoms with Crippen molar-refractivity contribution in [3.63, 3.8) is 0 Å². The Morgan fingerprint density at radius 3 is 2.36 bits per heavy atom. The van der Waals surface area contributed by atoms with Gasteiger partial charge in [-0.1, -0.05) is 20.0 Å². The van der Waals surface area contributed by atoms with Gasteiger partial charge in [0, 0.05) is 5.75 Å². The number of hydrogen-bond donors (Lipinski definition) is 0. The van der Waals surface area contributed by atoms with Crippen molar-refractivity contribution in [2.24, 2.45) is 0 Å². The van der Waals surface area contributed by atoms with Crippen molar-refractivity contribution in [1.82, 2.24) is 4.98 Å². The van der Waals surface area contributed by atoms with E-state index in [0.717, 1.165) is 0 Å². The maximum atomic E-state index is 4.80. The molecule has 1 aromatic heterocycles. The molecule has 0 saturated heterocycles. The van der Waals surface area contributed by atoms with E-state index in [2.05, 4.69) is 11.1 Å². The van der Waals surface area contributed by atoms with Gasteiger partial charge in [0.25, 0.3) is 0 Å². The molecular formula is C8H12KNO. The van der Waals surface area contributed by atoms with Crippen molar-refractivity contribution in [3.05, 3.63) is 24.5 Å². The van der Waals surface area contributed by atoms with Crippen LogP contribution in [0.2, 0.25) is 0 Å². The van der Waals surface area contributed by atoms with Crippen LogP contribution in [0.5, 0.6) is 5.75 Å². The summed E-state index contributed by atoms with van der Waals surface area (Å²) in [6, 6.07) is 4.54. The van der Waals surface area contributed by atoms with Crippen LogP contribution in [0.25, 0.3) is 0 Å². The third-order valence-corrected chi connectivity index (χ3v) is 0.798. The van der Waals surface area contributed by atoms with Gasteiger partial charge in [-0.05, 0) is 6.20 Å². The summed E-state index contributed by atoms with van der Waals surface area (Å²) in [7, 11) is 1.59. The number of hydrogen-bond acceptors (Lipinski definition) is 2. The summed E-state index contributed by atoms with van der Waals surface area (Å²) in [6.07, 6.45) is 3.27. The number of rotatable bonds is 1. The Morgan fingerprint density at radius 1 is 1.45 bits per heavy atom. The molecule has 0 atom stereocenters. The van der Waals surface area contributed by atoms with Gasteiger partial charge in [0.2, 0.25) is 0 Å². The second kappa shape index (κ2) is 10.6. The van der Waals surface area contributed by atoms with Crippen molar-refractivity contribution >= 4 is 0 Å².